The first-order valence-electron chi connectivity index (χ1n) is 6.66. The number of nitrogens with one attached hydrogen (secondary N) is 1. The van der Waals surface area contributed by atoms with Gasteiger partial charge in [-0.3, -0.25) is 0 Å². The van der Waals surface area contributed by atoms with Gasteiger partial charge in [-0.15, -0.1) is 0 Å². The number of nitrogen functional groups attached to an aromatic ring is 1. The molecule has 0 bridgehead atoms. The second kappa shape index (κ2) is 5.38. The van der Waals surface area contributed by atoms with E-state index < -0.39 is 0 Å². The molecule has 0 aliphatic heterocycles. The minimum absolute atomic E-state index is 0.506. The Morgan fingerprint density at radius 1 is 1.00 bits per heavy atom. The lowest BCUT2D eigenvalue weighted by atomic mass is 10.1. The summed E-state index contributed by atoms with van der Waals surface area (Å²) in [5.41, 5.74) is 3.34. The zero-order chi connectivity index (χ0) is 14.8. The van der Waals surface area contributed by atoms with Crippen molar-refractivity contribution in [3.05, 3.63) is 53.9 Å². The summed E-state index contributed by atoms with van der Waals surface area (Å²) in [6.07, 6.45) is 0. The van der Waals surface area contributed by atoms with Crippen LogP contribution in [0.5, 0.6) is 11.6 Å². The maximum atomic E-state index is 6.00. The fourth-order valence-corrected chi connectivity index (χ4v) is 2.23. The van der Waals surface area contributed by atoms with Gasteiger partial charge >= 0.3 is 0 Å². The van der Waals surface area contributed by atoms with Crippen molar-refractivity contribution in [3.8, 4) is 11.6 Å². The quantitative estimate of drug-likeness (QED) is 0.568. The fourth-order valence-electron chi connectivity index (χ4n) is 2.23. The first-order chi connectivity index (χ1) is 10.2. The summed E-state index contributed by atoms with van der Waals surface area (Å²) in [5.74, 6) is 7.91. The smallest absolute Gasteiger partial charge is 0.227 e. The van der Waals surface area contributed by atoms with Crippen molar-refractivity contribution in [1.29, 1.82) is 0 Å². The molecule has 0 radical (unpaired) electrons. The van der Waals surface area contributed by atoms with Crippen LogP contribution in [-0.2, 0) is 0 Å². The lowest BCUT2D eigenvalue weighted by Gasteiger charge is -2.13. The van der Waals surface area contributed by atoms with Gasteiger partial charge in [0.25, 0.3) is 0 Å². The number of hydrogen-bond acceptors (Lipinski definition) is 5. The van der Waals surface area contributed by atoms with Crippen molar-refractivity contribution >= 4 is 16.6 Å². The van der Waals surface area contributed by atoms with Crippen LogP contribution in [0.1, 0.15) is 11.4 Å². The van der Waals surface area contributed by atoms with Crippen LogP contribution in [0.2, 0.25) is 0 Å². The van der Waals surface area contributed by atoms with E-state index in [2.05, 4.69) is 15.4 Å². The van der Waals surface area contributed by atoms with Crippen LogP contribution >= 0.6 is 0 Å². The number of aryl methyl sites for hydroxylation is 1. The number of rotatable bonds is 3. The highest BCUT2D eigenvalue weighted by molar-refractivity contribution is 5.88. The maximum absolute atomic E-state index is 6.00. The van der Waals surface area contributed by atoms with Crippen LogP contribution < -0.4 is 16.0 Å². The van der Waals surface area contributed by atoms with Crippen molar-refractivity contribution in [2.45, 2.75) is 13.8 Å². The van der Waals surface area contributed by atoms with Gasteiger partial charge in [0.15, 0.2) is 0 Å². The van der Waals surface area contributed by atoms with Crippen LogP contribution in [0.4, 0.5) is 5.82 Å². The molecule has 0 spiro atoms. The summed E-state index contributed by atoms with van der Waals surface area (Å²) >= 11 is 0. The van der Waals surface area contributed by atoms with E-state index in [1.165, 1.54) is 0 Å². The Morgan fingerprint density at radius 3 is 2.57 bits per heavy atom. The molecule has 0 saturated carbocycles. The summed E-state index contributed by atoms with van der Waals surface area (Å²) in [4.78, 5) is 8.58. The van der Waals surface area contributed by atoms with E-state index in [1.54, 1.807) is 6.92 Å². The van der Waals surface area contributed by atoms with E-state index in [-0.39, 0.29) is 0 Å². The largest absolute Gasteiger partial charge is 0.438 e. The van der Waals surface area contributed by atoms with Crippen LogP contribution in [0.3, 0.4) is 0 Å². The van der Waals surface area contributed by atoms with Crippen LogP contribution in [-0.4, -0.2) is 9.97 Å². The number of anilines is 1. The highest BCUT2D eigenvalue weighted by Gasteiger charge is 2.11. The molecule has 106 valence electrons. The number of ether oxygens (including phenoxy) is 1. The normalized spacial score (nSPS) is 10.6. The van der Waals surface area contributed by atoms with Crippen LogP contribution in [0.15, 0.2) is 42.5 Å². The number of benzene rings is 2. The third kappa shape index (κ3) is 2.51. The number of hydrogen-bond donors (Lipinski definition) is 2. The van der Waals surface area contributed by atoms with Gasteiger partial charge in [-0.2, -0.15) is 4.98 Å². The predicted molar refractivity (Wildman–Crippen MR) is 83.3 cm³/mol. The first-order valence-corrected chi connectivity index (χ1v) is 6.66. The van der Waals surface area contributed by atoms with Gasteiger partial charge in [0.1, 0.15) is 17.4 Å². The predicted octanol–water partition coefficient (Wildman–Crippen LogP) is 3.32. The monoisotopic (exact) mass is 280 g/mol. The lowest BCUT2D eigenvalue weighted by molar-refractivity contribution is 0.461. The van der Waals surface area contributed by atoms with Crippen molar-refractivity contribution in [2.75, 3.05) is 5.43 Å². The molecule has 0 aliphatic carbocycles. The molecule has 2 aromatic carbocycles. The Hall–Kier alpha value is -2.66. The van der Waals surface area contributed by atoms with E-state index >= 15 is 0 Å². The molecule has 0 amide bonds. The molecule has 3 N–H and O–H groups in total. The zero-order valence-corrected chi connectivity index (χ0v) is 11.9. The molecule has 0 unspecified atom stereocenters. The minimum atomic E-state index is 0.506. The Morgan fingerprint density at radius 2 is 1.76 bits per heavy atom. The standard InChI is InChI=1S/C16H16N4O/c1-10-15(20-17)18-11(2)19-16(10)21-14-9-5-7-12-6-3-4-8-13(12)14/h3-9H,17H2,1-2H3,(H,18,19,20). The van der Waals surface area contributed by atoms with E-state index in [1.807, 2.05) is 49.4 Å². The number of nitrogens with two attached hydrogens (primary N) is 1. The molecule has 0 saturated heterocycles. The second-order valence-corrected chi connectivity index (χ2v) is 4.77. The molecule has 3 aromatic rings. The van der Waals surface area contributed by atoms with Gasteiger partial charge in [0.05, 0.1) is 5.56 Å². The average molecular weight is 280 g/mol. The van der Waals surface area contributed by atoms with Gasteiger partial charge < -0.3 is 10.2 Å². The molecule has 5 heteroatoms. The highest BCUT2D eigenvalue weighted by Crippen LogP contribution is 2.31. The summed E-state index contributed by atoms with van der Waals surface area (Å²) in [5, 5.41) is 2.16. The first kappa shape index (κ1) is 13.3. The van der Waals surface area contributed by atoms with Crippen LogP contribution in [0, 0.1) is 13.8 Å². The molecule has 0 atom stereocenters. The lowest BCUT2D eigenvalue weighted by Crippen LogP contribution is -2.12. The van der Waals surface area contributed by atoms with Gasteiger partial charge in [0.2, 0.25) is 5.88 Å². The van der Waals surface area contributed by atoms with Crippen LogP contribution in [0.25, 0.3) is 10.8 Å². The van der Waals surface area contributed by atoms with Gasteiger partial charge in [-0.25, -0.2) is 10.8 Å². The van der Waals surface area contributed by atoms with Crippen molar-refractivity contribution in [3.63, 3.8) is 0 Å². The third-order valence-electron chi connectivity index (χ3n) is 3.31. The SMILES string of the molecule is Cc1nc(NN)c(C)c(Oc2cccc3ccccc23)n1. The Balaban J connectivity index is 2.09. The molecular formula is C16H16N4O. The summed E-state index contributed by atoms with van der Waals surface area (Å²) in [6, 6.07) is 14.0. The molecule has 0 fully saturated rings. The number of hydrazine groups is 1. The second-order valence-electron chi connectivity index (χ2n) is 4.77. The molecule has 1 heterocycles. The van der Waals surface area contributed by atoms with Gasteiger partial charge in [-0.05, 0) is 25.3 Å². The zero-order valence-electron chi connectivity index (χ0n) is 11.9. The third-order valence-corrected chi connectivity index (χ3v) is 3.31. The molecule has 5 nitrogen and oxygen atoms in total. The summed E-state index contributed by atoms with van der Waals surface area (Å²) in [7, 11) is 0. The minimum Gasteiger partial charge on any atom is -0.438 e. The Labute approximate surface area is 122 Å². The average Bonchev–Trinajstić information content (AvgIpc) is 2.51. The maximum Gasteiger partial charge on any atom is 0.227 e. The topological polar surface area (TPSA) is 73.1 Å². The van der Waals surface area contributed by atoms with Crippen molar-refractivity contribution in [2.24, 2.45) is 5.84 Å². The molecule has 1 aromatic heterocycles. The fraction of sp³-hybridized carbons (Fsp3) is 0.125. The van der Waals surface area contributed by atoms with Crippen molar-refractivity contribution < 1.29 is 4.74 Å². The number of fused-ring (bicyclic) bond motifs is 1. The van der Waals surface area contributed by atoms with Crippen molar-refractivity contribution in [1.82, 2.24) is 9.97 Å². The Bertz CT molecular complexity index is 796. The summed E-state index contributed by atoms with van der Waals surface area (Å²) < 4.78 is 6.00. The van der Waals surface area contributed by atoms with E-state index in [4.69, 9.17) is 10.6 Å². The molecule has 21 heavy (non-hydrogen) atoms. The summed E-state index contributed by atoms with van der Waals surface area (Å²) in [6.45, 7) is 3.67. The van der Waals surface area contributed by atoms with E-state index in [9.17, 15) is 0 Å². The number of nitrogens with zero attached hydrogens (tertiary/aromatic N) is 2. The molecule has 3 rings (SSSR count). The van der Waals surface area contributed by atoms with Gasteiger partial charge in [-0.1, -0.05) is 36.4 Å². The molecule has 0 aliphatic rings. The molecular weight excluding hydrogens is 264 g/mol. The van der Waals surface area contributed by atoms with E-state index in [0.29, 0.717) is 17.5 Å². The number of aromatic nitrogens is 2. The highest BCUT2D eigenvalue weighted by atomic mass is 16.5. The Kier molecular flexibility index (Phi) is 3.41. The van der Waals surface area contributed by atoms with E-state index in [0.717, 1.165) is 22.1 Å². The van der Waals surface area contributed by atoms with Gasteiger partial charge in [0, 0.05) is 5.39 Å².